The van der Waals surface area contributed by atoms with Gasteiger partial charge in [-0.25, -0.2) is 9.82 Å². The molecule has 8 nitrogen and oxygen atoms in total. The Kier molecular flexibility index (Phi) is 6.14. The van der Waals surface area contributed by atoms with Gasteiger partial charge in [0.1, 0.15) is 5.82 Å². The van der Waals surface area contributed by atoms with Crippen LogP contribution >= 0.6 is 0 Å². The van der Waals surface area contributed by atoms with Crippen LogP contribution in [0.3, 0.4) is 0 Å². The van der Waals surface area contributed by atoms with Crippen molar-refractivity contribution in [2.45, 2.75) is 13.5 Å². The molecule has 0 aliphatic rings. The molecule has 0 radical (unpaired) electrons. The summed E-state index contributed by atoms with van der Waals surface area (Å²) >= 11 is 0. The lowest BCUT2D eigenvalue weighted by atomic mass is 10.1. The predicted octanol–water partition coefficient (Wildman–Crippen LogP) is 4.68. The number of fused-ring (bicyclic) bond motifs is 1. The molecule has 0 atom stereocenters. The van der Waals surface area contributed by atoms with E-state index in [1.165, 1.54) is 30.5 Å². The molecule has 34 heavy (non-hydrogen) atoms. The van der Waals surface area contributed by atoms with Crippen LogP contribution in [0, 0.1) is 34.2 Å². The molecule has 0 fully saturated rings. The van der Waals surface area contributed by atoms with Crippen molar-refractivity contribution in [1.29, 1.82) is 5.26 Å². The number of non-ortho nitro benzene ring substituents is 1. The summed E-state index contributed by atoms with van der Waals surface area (Å²) in [7, 11) is 0. The standard InChI is InChI=1S/C25H18FN5O3/c1-16-22(14-28-29-25(32)21-11-8-18(13-27)12-23(21)26)20-4-2-3-5-24(20)30(16)15-17-6-9-19(10-7-17)31(33)34/h2-12,14H,15H2,1H3,(H,29,32)/b28-14-. The predicted molar refractivity (Wildman–Crippen MR) is 125 cm³/mol. The van der Waals surface area contributed by atoms with Gasteiger partial charge in [-0.15, -0.1) is 0 Å². The van der Waals surface area contributed by atoms with Gasteiger partial charge in [-0.3, -0.25) is 14.9 Å². The van der Waals surface area contributed by atoms with E-state index < -0.39 is 16.6 Å². The molecule has 9 heteroatoms. The molecule has 3 aromatic carbocycles. The monoisotopic (exact) mass is 455 g/mol. The molecule has 1 amide bonds. The van der Waals surface area contributed by atoms with Gasteiger partial charge in [0, 0.05) is 40.8 Å². The summed E-state index contributed by atoms with van der Waals surface area (Å²) < 4.78 is 16.1. The second-order valence-corrected chi connectivity index (χ2v) is 7.53. The molecular weight excluding hydrogens is 437 g/mol. The molecule has 0 unspecified atom stereocenters. The number of hydrazone groups is 1. The average molecular weight is 455 g/mol. The molecule has 0 aliphatic carbocycles. The van der Waals surface area contributed by atoms with Gasteiger partial charge in [0.25, 0.3) is 11.6 Å². The van der Waals surface area contributed by atoms with E-state index >= 15 is 0 Å². The van der Waals surface area contributed by atoms with Crippen LogP contribution in [0.5, 0.6) is 0 Å². The number of hydrogen-bond acceptors (Lipinski definition) is 5. The van der Waals surface area contributed by atoms with Crippen molar-refractivity contribution in [2.75, 3.05) is 0 Å². The van der Waals surface area contributed by atoms with Crippen LogP contribution in [0.2, 0.25) is 0 Å². The summed E-state index contributed by atoms with van der Waals surface area (Å²) in [4.78, 5) is 22.8. The Morgan fingerprint density at radius 3 is 2.62 bits per heavy atom. The van der Waals surface area contributed by atoms with Crippen LogP contribution in [-0.2, 0) is 6.54 Å². The van der Waals surface area contributed by atoms with E-state index in [1.807, 2.05) is 37.3 Å². The third-order valence-corrected chi connectivity index (χ3v) is 5.47. The Morgan fingerprint density at radius 1 is 1.21 bits per heavy atom. The number of amides is 1. The van der Waals surface area contributed by atoms with Crippen LogP contribution in [0.15, 0.2) is 71.8 Å². The second kappa shape index (κ2) is 9.34. The number of para-hydroxylation sites is 1. The van der Waals surface area contributed by atoms with Gasteiger partial charge in [0.05, 0.1) is 28.3 Å². The van der Waals surface area contributed by atoms with Crippen molar-refractivity contribution in [3.05, 3.63) is 111 Å². The van der Waals surface area contributed by atoms with Gasteiger partial charge in [0.2, 0.25) is 0 Å². The first-order valence-electron chi connectivity index (χ1n) is 10.2. The van der Waals surface area contributed by atoms with Crippen LogP contribution in [0.25, 0.3) is 10.9 Å². The lowest BCUT2D eigenvalue weighted by Crippen LogP contribution is -2.19. The third-order valence-electron chi connectivity index (χ3n) is 5.47. The number of benzene rings is 3. The Morgan fingerprint density at radius 2 is 1.94 bits per heavy atom. The first-order valence-corrected chi connectivity index (χ1v) is 10.2. The van der Waals surface area contributed by atoms with E-state index in [0.29, 0.717) is 6.54 Å². The molecule has 0 aliphatic heterocycles. The molecule has 0 bridgehead atoms. The van der Waals surface area contributed by atoms with E-state index in [9.17, 15) is 19.3 Å². The number of nitrogens with one attached hydrogen (secondary N) is 1. The number of aromatic nitrogens is 1. The normalized spacial score (nSPS) is 11.0. The summed E-state index contributed by atoms with van der Waals surface area (Å²) in [6, 6.07) is 19.5. The highest BCUT2D eigenvalue weighted by Gasteiger charge is 2.15. The molecule has 4 aromatic rings. The van der Waals surface area contributed by atoms with Crippen molar-refractivity contribution in [3.8, 4) is 6.07 Å². The van der Waals surface area contributed by atoms with Crippen molar-refractivity contribution < 1.29 is 14.1 Å². The van der Waals surface area contributed by atoms with E-state index in [-0.39, 0.29) is 16.8 Å². The molecule has 0 saturated carbocycles. The third kappa shape index (κ3) is 4.38. The topological polar surface area (TPSA) is 113 Å². The van der Waals surface area contributed by atoms with Crippen LogP contribution < -0.4 is 5.43 Å². The SMILES string of the molecule is Cc1c(/C=N\NC(=O)c2ccc(C#N)cc2F)c2ccccc2n1Cc1ccc([N+](=O)[O-])cc1. The lowest BCUT2D eigenvalue weighted by Gasteiger charge is -2.08. The van der Waals surface area contributed by atoms with E-state index in [2.05, 4.69) is 15.1 Å². The Bertz CT molecular complexity index is 1480. The maximum absolute atomic E-state index is 14.1. The van der Waals surface area contributed by atoms with Gasteiger partial charge in [-0.2, -0.15) is 10.4 Å². The summed E-state index contributed by atoms with van der Waals surface area (Å²) in [6.07, 6.45) is 1.50. The number of nitro benzene ring substituents is 1. The minimum atomic E-state index is -0.803. The van der Waals surface area contributed by atoms with Gasteiger partial charge in [-0.05, 0) is 36.8 Å². The van der Waals surface area contributed by atoms with E-state index in [1.54, 1.807) is 12.1 Å². The Balaban J connectivity index is 1.60. The fraction of sp³-hybridized carbons (Fsp3) is 0.0800. The minimum absolute atomic E-state index is 0.0279. The highest BCUT2D eigenvalue weighted by atomic mass is 19.1. The molecule has 1 heterocycles. The fourth-order valence-corrected chi connectivity index (χ4v) is 3.71. The van der Waals surface area contributed by atoms with Gasteiger partial charge in [-0.1, -0.05) is 30.3 Å². The van der Waals surface area contributed by atoms with Crippen LogP contribution in [-0.4, -0.2) is 21.6 Å². The quantitative estimate of drug-likeness (QED) is 0.258. The molecule has 4 rings (SSSR count). The first-order chi connectivity index (χ1) is 16.4. The zero-order valence-corrected chi connectivity index (χ0v) is 18.0. The summed E-state index contributed by atoms with van der Waals surface area (Å²) in [6.45, 7) is 2.40. The molecular formula is C25H18FN5O3. The summed E-state index contributed by atoms with van der Waals surface area (Å²) in [5.74, 6) is -1.53. The van der Waals surface area contributed by atoms with Crippen LogP contribution in [0.4, 0.5) is 10.1 Å². The highest BCUT2D eigenvalue weighted by molar-refractivity contribution is 6.02. The van der Waals surface area contributed by atoms with Crippen molar-refractivity contribution in [2.24, 2.45) is 5.10 Å². The average Bonchev–Trinajstić information content (AvgIpc) is 3.10. The van der Waals surface area contributed by atoms with Crippen LogP contribution in [0.1, 0.15) is 32.7 Å². The molecule has 0 spiro atoms. The minimum Gasteiger partial charge on any atom is -0.340 e. The number of nitriles is 1. The lowest BCUT2D eigenvalue weighted by molar-refractivity contribution is -0.384. The fourth-order valence-electron chi connectivity index (χ4n) is 3.71. The largest absolute Gasteiger partial charge is 0.340 e. The van der Waals surface area contributed by atoms with E-state index in [4.69, 9.17) is 5.26 Å². The van der Waals surface area contributed by atoms with Crippen molar-refractivity contribution >= 4 is 28.7 Å². The number of hydrogen-bond donors (Lipinski definition) is 1. The number of rotatable bonds is 6. The molecule has 1 aromatic heterocycles. The maximum atomic E-state index is 14.1. The van der Waals surface area contributed by atoms with Gasteiger partial charge in [0.15, 0.2) is 0 Å². The summed E-state index contributed by atoms with van der Waals surface area (Å²) in [5, 5.41) is 24.7. The summed E-state index contributed by atoms with van der Waals surface area (Å²) in [5.41, 5.74) is 5.74. The second-order valence-electron chi connectivity index (χ2n) is 7.53. The van der Waals surface area contributed by atoms with Crippen molar-refractivity contribution in [1.82, 2.24) is 9.99 Å². The number of carbonyl (C=O) groups excluding carboxylic acids is 1. The Hall–Kier alpha value is -4.84. The smallest absolute Gasteiger partial charge is 0.274 e. The molecule has 1 N–H and O–H groups in total. The highest BCUT2D eigenvalue weighted by Crippen LogP contribution is 2.26. The van der Waals surface area contributed by atoms with E-state index in [0.717, 1.165) is 33.8 Å². The molecule has 0 saturated heterocycles. The molecule has 168 valence electrons. The number of halogens is 1. The van der Waals surface area contributed by atoms with Gasteiger partial charge < -0.3 is 4.57 Å². The number of nitro groups is 1. The number of carbonyl (C=O) groups is 1. The first kappa shape index (κ1) is 22.4. The van der Waals surface area contributed by atoms with Crippen molar-refractivity contribution in [3.63, 3.8) is 0 Å². The Labute approximate surface area is 193 Å². The zero-order chi connectivity index (χ0) is 24.2. The zero-order valence-electron chi connectivity index (χ0n) is 18.0. The van der Waals surface area contributed by atoms with Gasteiger partial charge >= 0.3 is 0 Å². The number of nitrogens with zero attached hydrogens (tertiary/aromatic N) is 4. The maximum Gasteiger partial charge on any atom is 0.274 e.